The standard InChI is InChI=1S/C8H8Cl2N2O3S/c9-4-16(14,15)12-5-1-2-6(8(11)13)7(10)3-5/h1-3,12H,4H2,(H2,11,13). The van der Waals surface area contributed by atoms with Gasteiger partial charge in [0.1, 0.15) is 5.21 Å². The third kappa shape index (κ3) is 3.26. The first-order valence-electron chi connectivity index (χ1n) is 4.01. The van der Waals surface area contributed by atoms with E-state index in [-0.39, 0.29) is 16.3 Å². The van der Waals surface area contributed by atoms with Gasteiger partial charge in [-0.25, -0.2) is 8.42 Å². The summed E-state index contributed by atoms with van der Waals surface area (Å²) in [7, 11) is -3.58. The second-order valence-corrected chi connectivity index (χ2v) is 5.60. The first-order chi connectivity index (χ1) is 7.35. The van der Waals surface area contributed by atoms with Crippen LogP contribution in [0.5, 0.6) is 0 Å². The lowest BCUT2D eigenvalue weighted by molar-refractivity contribution is 0.100. The van der Waals surface area contributed by atoms with Gasteiger partial charge in [0.15, 0.2) is 0 Å². The molecule has 5 nitrogen and oxygen atoms in total. The number of amides is 1. The predicted molar refractivity (Wildman–Crippen MR) is 63.2 cm³/mol. The van der Waals surface area contributed by atoms with Crippen LogP contribution >= 0.6 is 23.2 Å². The van der Waals surface area contributed by atoms with Crippen molar-refractivity contribution in [3.8, 4) is 0 Å². The highest BCUT2D eigenvalue weighted by molar-refractivity contribution is 7.93. The van der Waals surface area contributed by atoms with Gasteiger partial charge in [0.05, 0.1) is 16.3 Å². The number of halogens is 2. The van der Waals surface area contributed by atoms with Crippen LogP contribution in [0.2, 0.25) is 5.02 Å². The smallest absolute Gasteiger partial charge is 0.250 e. The minimum absolute atomic E-state index is 0.0715. The molecular formula is C8H8Cl2N2O3S. The van der Waals surface area contributed by atoms with E-state index >= 15 is 0 Å². The largest absolute Gasteiger partial charge is 0.366 e. The number of anilines is 1. The fourth-order valence-electron chi connectivity index (χ4n) is 0.985. The number of benzene rings is 1. The van der Waals surface area contributed by atoms with Crippen molar-refractivity contribution in [2.45, 2.75) is 0 Å². The first-order valence-corrected chi connectivity index (χ1v) is 6.58. The Labute approximate surface area is 103 Å². The molecule has 0 bridgehead atoms. The lowest BCUT2D eigenvalue weighted by atomic mass is 10.2. The zero-order valence-corrected chi connectivity index (χ0v) is 10.2. The van der Waals surface area contributed by atoms with E-state index in [1.807, 2.05) is 0 Å². The van der Waals surface area contributed by atoms with Crippen molar-refractivity contribution in [2.75, 3.05) is 9.93 Å². The van der Waals surface area contributed by atoms with E-state index in [9.17, 15) is 13.2 Å². The van der Waals surface area contributed by atoms with Crippen molar-refractivity contribution in [3.63, 3.8) is 0 Å². The highest BCUT2D eigenvalue weighted by atomic mass is 35.5. The second-order valence-electron chi connectivity index (χ2n) is 2.88. The van der Waals surface area contributed by atoms with Crippen LogP contribution in [0.25, 0.3) is 0 Å². The molecule has 0 aliphatic rings. The zero-order valence-electron chi connectivity index (χ0n) is 7.91. The van der Waals surface area contributed by atoms with Crippen molar-refractivity contribution >= 4 is 44.8 Å². The molecule has 16 heavy (non-hydrogen) atoms. The Morgan fingerprint density at radius 1 is 1.44 bits per heavy atom. The van der Waals surface area contributed by atoms with Gasteiger partial charge in [-0.15, -0.1) is 11.6 Å². The molecule has 0 spiro atoms. The summed E-state index contributed by atoms with van der Waals surface area (Å²) in [5.74, 6) is -0.684. The number of nitrogens with two attached hydrogens (primary N) is 1. The van der Waals surface area contributed by atoms with E-state index in [2.05, 4.69) is 4.72 Å². The van der Waals surface area contributed by atoms with E-state index in [0.717, 1.165) is 0 Å². The van der Waals surface area contributed by atoms with Gasteiger partial charge in [-0.3, -0.25) is 9.52 Å². The number of alkyl halides is 1. The molecule has 1 rings (SSSR count). The van der Waals surface area contributed by atoms with Crippen molar-refractivity contribution in [1.82, 2.24) is 0 Å². The summed E-state index contributed by atoms with van der Waals surface area (Å²) < 4.78 is 24.4. The van der Waals surface area contributed by atoms with Gasteiger partial charge in [0.2, 0.25) is 15.9 Å². The van der Waals surface area contributed by atoms with E-state index in [1.165, 1.54) is 18.2 Å². The number of carbonyl (C=O) groups is 1. The van der Waals surface area contributed by atoms with Gasteiger partial charge in [-0.2, -0.15) is 0 Å². The summed E-state index contributed by atoms with van der Waals surface area (Å²) in [6.45, 7) is 0. The second kappa shape index (κ2) is 4.90. The van der Waals surface area contributed by atoms with Gasteiger partial charge in [0, 0.05) is 0 Å². The molecule has 88 valence electrons. The molecule has 0 aliphatic heterocycles. The average molecular weight is 283 g/mol. The van der Waals surface area contributed by atoms with Crippen molar-refractivity contribution in [2.24, 2.45) is 5.73 Å². The molecule has 1 amide bonds. The van der Waals surface area contributed by atoms with Gasteiger partial charge in [-0.05, 0) is 18.2 Å². The monoisotopic (exact) mass is 282 g/mol. The number of carbonyl (C=O) groups excluding carboxylic acids is 1. The zero-order chi connectivity index (χ0) is 12.3. The first kappa shape index (κ1) is 13.1. The summed E-state index contributed by atoms with van der Waals surface area (Å²) in [5.41, 5.74) is 5.37. The summed E-state index contributed by atoms with van der Waals surface area (Å²) in [6, 6.07) is 3.98. The number of primary amides is 1. The SMILES string of the molecule is NC(=O)c1ccc(NS(=O)(=O)CCl)cc1Cl. The van der Waals surface area contributed by atoms with Gasteiger partial charge < -0.3 is 5.73 Å². The van der Waals surface area contributed by atoms with Crippen molar-refractivity contribution < 1.29 is 13.2 Å². The third-order valence-electron chi connectivity index (χ3n) is 1.65. The van der Waals surface area contributed by atoms with Crippen LogP contribution in [-0.4, -0.2) is 19.5 Å². The minimum atomic E-state index is -3.58. The Kier molecular flexibility index (Phi) is 4.01. The molecule has 0 atom stereocenters. The predicted octanol–water partition coefficient (Wildman–Crippen LogP) is 1.38. The lowest BCUT2D eigenvalue weighted by Crippen LogP contribution is -2.15. The molecule has 8 heteroatoms. The number of sulfonamides is 1. The van der Waals surface area contributed by atoms with Crippen LogP contribution in [0, 0.1) is 0 Å². The lowest BCUT2D eigenvalue weighted by Gasteiger charge is -2.06. The topological polar surface area (TPSA) is 89.3 Å². The number of rotatable bonds is 4. The van der Waals surface area contributed by atoms with Gasteiger partial charge in [-0.1, -0.05) is 11.6 Å². The van der Waals surface area contributed by atoms with E-state index in [0.29, 0.717) is 0 Å². The number of hydrogen-bond acceptors (Lipinski definition) is 3. The molecule has 0 aliphatic carbocycles. The molecule has 0 aromatic heterocycles. The summed E-state index contributed by atoms with van der Waals surface area (Å²) >= 11 is 10.9. The Balaban J connectivity index is 3.03. The highest BCUT2D eigenvalue weighted by Gasteiger charge is 2.11. The molecule has 1 aromatic carbocycles. The molecule has 0 radical (unpaired) electrons. The summed E-state index contributed by atoms with van der Waals surface area (Å²) in [6.07, 6.45) is 0. The Hall–Kier alpha value is -0.980. The number of hydrogen-bond donors (Lipinski definition) is 2. The number of nitrogens with one attached hydrogen (secondary N) is 1. The van der Waals surface area contributed by atoms with Crippen LogP contribution in [0.4, 0.5) is 5.69 Å². The highest BCUT2D eigenvalue weighted by Crippen LogP contribution is 2.21. The molecule has 0 heterocycles. The van der Waals surface area contributed by atoms with Gasteiger partial charge >= 0.3 is 0 Å². The molecule has 1 aromatic rings. The Morgan fingerprint density at radius 2 is 2.06 bits per heavy atom. The van der Waals surface area contributed by atoms with Crippen LogP contribution in [0.1, 0.15) is 10.4 Å². The maximum atomic E-state index is 11.1. The third-order valence-corrected chi connectivity index (χ3v) is 3.66. The van der Waals surface area contributed by atoms with Crippen LogP contribution in [-0.2, 0) is 10.0 Å². The molecule has 0 unspecified atom stereocenters. The average Bonchev–Trinajstić information content (AvgIpc) is 2.16. The normalized spacial score (nSPS) is 11.1. The maximum Gasteiger partial charge on any atom is 0.250 e. The molecule has 3 N–H and O–H groups in total. The fourth-order valence-corrected chi connectivity index (χ4v) is 1.96. The summed E-state index contributed by atoms with van der Waals surface area (Å²) in [5, 5.41) is -0.496. The van der Waals surface area contributed by atoms with Crippen molar-refractivity contribution in [1.29, 1.82) is 0 Å². The molecule has 0 saturated heterocycles. The molecule has 0 fully saturated rings. The van der Waals surface area contributed by atoms with Crippen LogP contribution in [0.15, 0.2) is 18.2 Å². The fraction of sp³-hybridized carbons (Fsp3) is 0.125. The van der Waals surface area contributed by atoms with E-state index in [4.69, 9.17) is 28.9 Å². The van der Waals surface area contributed by atoms with E-state index in [1.54, 1.807) is 0 Å². The minimum Gasteiger partial charge on any atom is -0.366 e. The van der Waals surface area contributed by atoms with E-state index < -0.39 is 21.1 Å². The quantitative estimate of drug-likeness (QED) is 0.818. The Bertz CT molecular complexity index is 516. The van der Waals surface area contributed by atoms with Crippen LogP contribution in [0.3, 0.4) is 0 Å². The van der Waals surface area contributed by atoms with Gasteiger partial charge in [0.25, 0.3) is 0 Å². The molecular weight excluding hydrogens is 275 g/mol. The summed E-state index contributed by atoms with van der Waals surface area (Å²) in [4.78, 5) is 10.9. The molecule has 0 saturated carbocycles. The van der Waals surface area contributed by atoms with Crippen molar-refractivity contribution in [3.05, 3.63) is 28.8 Å². The van der Waals surface area contributed by atoms with Crippen LogP contribution < -0.4 is 10.5 Å². The Morgan fingerprint density at radius 3 is 2.50 bits per heavy atom. The maximum absolute atomic E-state index is 11.1.